The second-order valence-electron chi connectivity index (χ2n) is 1.77. The first-order valence-electron chi connectivity index (χ1n) is 2.87. The molecular formula is C6H3N3O3. The summed E-state index contributed by atoms with van der Waals surface area (Å²) in [5.41, 5.74) is -0.273. The van der Waals surface area contributed by atoms with Gasteiger partial charge in [-0.1, -0.05) is 0 Å². The van der Waals surface area contributed by atoms with Gasteiger partial charge in [0.25, 0.3) is 0 Å². The molecular weight excluding hydrogens is 162 g/mol. The van der Waals surface area contributed by atoms with E-state index in [2.05, 4.69) is 14.9 Å². The first-order valence-corrected chi connectivity index (χ1v) is 2.87. The van der Waals surface area contributed by atoms with Gasteiger partial charge in [-0.25, -0.2) is 9.42 Å². The number of aromatic carboxylic acids is 1. The molecule has 0 bridgehead atoms. The van der Waals surface area contributed by atoms with Crippen molar-refractivity contribution in [3.05, 3.63) is 17.5 Å². The van der Waals surface area contributed by atoms with E-state index in [4.69, 9.17) is 10.4 Å². The number of allylic oxidation sites excluding steroid dienone is 1. The van der Waals surface area contributed by atoms with Crippen molar-refractivity contribution in [1.82, 2.24) is 10.3 Å². The van der Waals surface area contributed by atoms with E-state index in [9.17, 15) is 4.79 Å². The third kappa shape index (κ3) is 1.46. The first kappa shape index (κ1) is 7.94. The number of carboxylic acids is 1. The third-order valence-corrected chi connectivity index (χ3v) is 1.03. The van der Waals surface area contributed by atoms with Gasteiger partial charge >= 0.3 is 5.97 Å². The Morgan fingerprint density at radius 3 is 3.00 bits per heavy atom. The molecule has 6 heteroatoms. The van der Waals surface area contributed by atoms with Gasteiger partial charge in [-0.2, -0.15) is 5.26 Å². The summed E-state index contributed by atoms with van der Waals surface area (Å²) in [5.74, 6) is -1.24. The largest absolute Gasteiger partial charge is 0.476 e. The predicted molar refractivity (Wildman–Crippen MR) is 35.9 cm³/mol. The molecule has 0 saturated carbocycles. The predicted octanol–water partition coefficient (Wildman–Crippen LogP) is 0.305. The Hall–Kier alpha value is -2.16. The monoisotopic (exact) mass is 165 g/mol. The van der Waals surface area contributed by atoms with E-state index in [0.717, 1.165) is 6.08 Å². The van der Waals surface area contributed by atoms with Crippen LogP contribution in [-0.4, -0.2) is 21.4 Å². The molecule has 1 aromatic heterocycles. The Balaban J connectivity index is 3.01. The second kappa shape index (κ2) is 3.30. The summed E-state index contributed by atoms with van der Waals surface area (Å²) in [4.78, 5) is 10.4. The molecule has 0 unspecified atom stereocenters. The van der Waals surface area contributed by atoms with Crippen molar-refractivity contribution in [2.45, 2.75) is 0 Å². The van der Waals surface area contributed by atoms with Crippen LogP contribution in [0, 0.1) is 11.3 Å². The number of aromatic nitrogens is 2. The summed E-state index contributed by atoms with van der Waals surface area (Å²) in [6, 6.07) is 1.69. The van der Waals surface area contributed by atoms with E-state index in [1.165, 1.54) is 6.08 Å². The van der Waals surface area contributed by atoms with Crippen LogP contribution in [0.15, 0.2) is 10.7 Å². The second-order valence-corrected chi connectivity index (χ2v) is 1.77. The van der Waals surface area contributed by atoms with Crippen LogP contribution in [-0.2, 0) is 0 Å². The quantitative estimate of drug-likeness (QED) is 0.632. The number of nitriles is 1. The minimum atomic E-state index is -1.24. The minimum absolute atomic E-state index is 0.0315. The average Bonchev–Trinajstić information content (AvgIpc) is 2.48. The molecule has 6 nitrogen and oxygen atoms in total. The molecule has 12 heavy (non-hydrogen) atoms. The Morgan fingerprint density at radius 2 is 2.42 bits per heavy atom. The van der Waals surface area contributed by atoms with E-state index in [1.54, 1.807) is 6.07 Å². The fourth-order valence-corrected chi connectivity index (χ4v) is 0.569. The van der Waals surface area contributed by atoms with Crippen LogP contribution in [0.5, 0.6) is 0 Å². The molecule has 0 aliphatic carbocycles. The highest BCUT2D eigenvalue weighted by Crippen LogP contribution is 2.03. The van der Waals surface area contributed by atoms with Crippen molar-refractivity contribution >= 4 is 12.0 Å². The Labute approximate surface area is 66.7 Å². The lowest BCUT2D eigenvalue weighted by atomic mass is 10.3. The van der Waals surface area contributed by atoms with E-state index in [0.29, 0.717) is 0 Å². The number of nitrogens with zero attached hydrogens (tertiary/aromatic N) is 3. The number of hydrogen-bond acceptors (Lipinski definition) is 5. The Morgan fingerprint density at radius 1 is 1.67 bits per heavy atom. The maximum atomic E-state index is 10.4. The lowest BCUT2D eigenvalue weighted by Crippen LogP contribution is -1.98. The van der Waals surface area contributed by atoms with Crippen molar-refractivity contribution < 1.29 is 14.5 Å². The highest BCUT2D eigenvalue weighted by molar-refractivity contribution is 5.88. The summed E-state index contributed by atoms with van der Waals surface area (Å²) >= 11 is 0. The first-order chi connectivity index (χ1) is 5.75. The van der Waals surface area contributed by atoms with Gasteiger partial charge in [-0.3, -0.25) is 0 Å². The average molecular weight is 165 g/mol. The van der Waals surface area contributed by atoms with Crippen LogP contribution in [0.4, 0.5) is 0 Å². The molecule has 1 aromatic rings. The van der Waals surface area contributed by atoms with Gasteiger partial charge in [-0.05, 0) is 16.4 Å². The molecule has 60 valence electrons. The number of hydrogen-bond donors (Lipinski definition) is 1. The third-order valence-electron chi connectivity index (χ3n) is 1.03. The summed E-state index contributed by atoms with van der Waals surface area (Å²) < 4.78 is 4.16. The van der Waals surface area contributed by atoms with E-state index in [1.807, 2.05) is 0 Å². The molecule has 0 amide bonds. The fourth-order valence-electron chi connectivity index (χ4n) is 0.569. The lowest BCUT2D eigenvalue weighted by molar-refractivity contribution is 0.0685. The van der Waals surface area contributed by atoms with Gasteiger partial charge < -0.3 is 5.11 Å². The number of carboxylic acid groups (broad SMARTS) is 1. The highest BCUT2D eigenvalue weighted by Gasteiger charge is 2.13. The molecule has 0 saturated heterocycles. The van der Waals surface area contributed by atoms with Crippen LogP contribution in [0.1, 0.15) is 16.2 Å². The van der Waals surface area contributed by atoms with Gasteiger partial charge in [0.1, 0.15) is 5.69 Å². The van der Waals surface area contributed by atoms with Crippen molar-refractivity contribution in [1.29, 1.82) is 5.26 Å². The normalized spacial score (nSPS) is 9.92. The maximum absolute atomic E-state index is 10.4. The number of carbonyl (C=O) groups is 1. The van der Waals surface area contributed by atoms with Gasteiger partial charge in [0.05, 0.1) is 6.07 Å². The molecule has 1 heterocycles. The topological polar surface area (TPSA) is 100 Å². The van der Waals surface area contributed by atoms with E-state index in [-0.39, 0.29) is 11.4 Å². The smallest absolute Gasteiger partial charge is 0.360 e. The molecule has 1 N–H and O–H groups in total. The molecule has 0 aliphatic heterocycles. The van der Waals surface area contributed by atoms with E-state index >= 15 is 0 Å². The standard InChI is InChI=1S/C6H3N3O3/c7-3-1-2-4-5(6(10)11)9-12-8-4/h1-2H,(H,10,11). The zero-order valence-corrected chi connectivity index (χ0v) is 5.76. The number of rotatable bonds is 2. The molecule has 0 aliphatic rings. The van der Waals surface area contributed by atoms with Gasteiger partial charge in [0.15, 0.2) is 0 Å². The summed E-state index contributed by atoms with van der Waals surface area (Å²) in [6.45, 7) is 0. The fraction of sp³-hybridized carbons (Fsp3) is 0. The molecule has 0 fully saturated rings. The summed E-state index contributed by atoms with van der Waals surface area (Å²) in [7, 11) is 0. The molecule has 0 atom stereocenters. The minimum Gasteiger partial charge on any atom is -0.476 e. The van der Waals surface area contributed by atoms with Crippen LogP contribution in [0.3, 0.4) is 0 Å². The summed E-state index contributed by atoms with van der Waals surface area (Å²) in [5, 5.41) is 23.0. The van der Waals surface area contributed by atoms with Gasteiger partial charge in [0, 0.05) is 6.08 Å². The molecule has 0 spiro atoms. The molecule has 0 aromatic carbocycles. The highest BCUT2D eigenvalue weighted by atomic mass is 16.6. The van der Waals surface area contributed by atoms with Crippen molar-refractivity contribution in [2.24, 2.45) is 0 Å². The van der Waals surface area contributed by atoms with Gasteiger partial charge in [0.2, 0.25) is 5.69 Å². The Bertz CT molecular complexity index is 360. The van der Waals surface area contributed by atoms with Crippen LogP contribution < -0.4 is 0 Å². The van der Waals surface area contributed by atoms with Crippen LogP contribution in [0.25, 0.3) is 6.08 Å². The SMILES string of the molecule is N#CC=Cc1nonc1C(=O)O. The lowest BCUT2D eigenvalue weighted by Gasteiger charge is -1.82. The summed E-state index contributed by atoms with van der Waals surface area (Å²) in [6.07, 6.45) is 2.30. The van der Waals surface area contributed by atoms with Crippen molar-refractivity contribution in [3.8, 4) is 6.07 Å². The Kier molecular flexibility index (Phi) is 2.18. The van der Waals surface area contributed by atoms with Gasteiger partial charge in [-0.15, -0.1) is 0 Å². The van der Waals surface area contributed by atoms with Crippen LogP contribution >= 0.6 is 0 Å². The van der Waals surface area contributed by atoms with E-state index < -0.39 is 5.97 Å². The van der Waals surface area contributed by atoms with Crippen molar-refractivity contribution in [2.75, 3.05) is 0 Å². The molecule has 1 rings (SSSR count). The zero-order chi connectivity index (χ0) is 8.97. The molecule has 0 radical (unpaired) electrons. The van der Waals surface area contributed by atoms with Crippen molar-refractivity contribution in [3.63, 3.8) is 0 Å². The maximum Gasteiger partial charge on any atom is 0.360 e. The zero-order valence-electron chi connectivity index (χ0n) is 5.76. The van der Waals surface area contributed by atoms with Crippen LogP contribution in [0.2, 0.25) is 0 Å².